The van der Waals surface area contributed by atoms with Crippen LogP contribution >= 0.6 is 22.9 Å². The number of thiazole rings is 1. The first-order valence-corrected chi connectivity index (χ1v) is 9.66. The number of benzene rings is 2. The van der Waals surface area contributed by atoms with Gasteiger partial charge >= 0.3 is 0 Å². The van der Waals surface area contributed by atoms with Crippen molar-refractivity contribution in [2.45, 2.75) is 12.8 Å². The van der Waals surface area contributed by atoms with Gasteiger partial charge in [0, 0.05) is 29.7 Å². The normalized spacial score (nSPS) is 15.4. The Hall–Kier alpha value is -2.18. The van der Waals surface area contributed by atoms with Crippen LogP contribution in [-0.2, 0) is 4.79 Å². The second-order valence-electron chi connectivity index (χ2n) is 6.34. The molecular formula is C19H17ClFN3OS. The van der Waals surface area contributed by atoms with Gasteiger partial charge in [0.15, 0.2) is 5.13 Å². The molecule has 0 saturated carbocycles. The summed E-state index contributed by atoms with van der Waals surface area (Å²) in [4.78, 5) is 19.0. The summed E-state index contributed by atoms with van der Waals surface area (Å²) in [5, 5.41) is 4.35. The molecule has 0 aliphatic carbocycles. The van der Waals surface area contributed by atoms with Gasteiger partial charge in [-0.25, -0.2) is 9.37 Å². The quantitative estimate of drug-likeness (QED) is 0.689. The zero-order valence-electron chi connectivity index (χ0n) is 13.9. The molecule has 3 aromatic rings. The molecule has 0 unspecified atom stereocenters. The van der Waals surface area contributed by atoms with E-state index in [4.69, 9.17) is 11.6 Å². The van der Waals surface area contributed by atoms with E-state index in [1.165, 1.54) is 17.4 Å². The minimum Gasteiger partial charge on any atom is -0.348 e. The van der Waals surface area contributed by atoms with Gasteiger partial charge in [0.25, 0.3) is 0 Å². The summed E-state index contributed by atoms with van der Waals surface area (Å²) in [6.45, 7) is 1.46. The summed E-state index contributed by atoms with van der Waals surface area (Å²) >= 11 is 7.45. The Kier molecular flexibility index (Phi) is 4.78. The Balaban J connectivity index is 1.40. The molecule has 1 aliphatic rings. The van der Waals surface area contributed by atoms with E-state index in [-0.39, 0.29) is 17.6 Å². The maximum atomic E-state index is 13.8. The van der Waals surface area contributed by atoms with Crippen molar-refractivity contribution in [3.05, 3.63) is 53.3 Å². The lowest BCUT2D eigenvalue weighted by atomic mass is 9.96. The van der Waals surface area contributed by atoms with Gasteiger partial charge in [-0.2, -0.15) is 0 Å². The number of amides is 1. The van der Waals surface area contributed by atoms with Crippen molar-refractivity contribution in [3.8, 4) is 0 Å². The second-order valence-corrected chi connectivity index (χ2v) is 7.79. The van der Waals surface area contributed by atoms with Gasteiger partial charge < -0.3 is 10.2 Å². The zero-order valence-corrected chi connectivity index (χ0v) is 15.5. The number of carbonyl (C=O) groups excluding carboxylic acids is 1. The molecule has 134 valence electrons. The van der Waals surface area contributed by atoms with E-state index in [0.717, 1.165) is 35.8 Å². The van der Waals surface area contributed by atoms with E-state index in [0.29, 0.717) is 16.2 Å². The maximum Gasteiger partial charge on any atom is 0.227 e. The van der Waals surface area contributed by atoms with Crippen LogP contribution in [0.4, 0.5) is 15.2 Å². The molecule has 7 heteroatoms. The van der Waals surface area contributed by atoms with Crippen LogP contribution in [0.5, 0.6) is 0 Å². The number of piperidine rings is 1. The molecule has 1 aromatic heterocycles. The predicted octanol–water partition coefficient (Wildman–Crippen LogP) is 4.94. The predicted molar refractivity (Wildman–Crippen MR) is 105 cm³/mol. The molecule has 4 rings (SSSR count). The minimum absolute atomic E-state index is 0.0160. The third-order valence-corrected chi connectivity index (χ3v) is 5.90. The van der Waals surface area contributed by atoms with Crippen LogP contribution in [-0.4, -0.2) is 24.0 Å². The van der Waals surface area contributed by atoms with E-state index >= 15 is 0 Å². The molecule has 1 aliphatic heterocycles. The highest BCUT2D eigenvalue weighted by Gasteiger charge is 2.26. The van der Waals surface area contributed by atoms with E-state index in [1.807, 2.05) is 18.2 Å². The fourth-order valence-corrected chi connectivity index (χ4v) is 4.40. The van der Waals surface area contributed by atoms with Crippen LogP contribution in [0.2, 0.25) is 5.02 Å². The monoisotopic (exact) mass is 389 g/mol. The summed E-state index contributed by atoms with van der Waals surface area (Å²) in [5.41, 5.74) is 1.14. The zero-order chi connectivity index (χ0) is 18.1. The molecular weight excluding hydrogens is 373 g/mol. The summed E-state index contributed by atoms with van der Waals surface area (Å²) in [6.07, 6.45) is 1.48. The first-order chi connectivity index (χ1) is 12.6. The number of para-hydroxylation sites is 1. The van der Waals surface area contributed by atoms with Crippen LogP contribution in [0.1, 0.15) is 12.8 Å². The number of fused-ring (bicyclic) bond motifs is 1. The molecule has 1 amide bonds. The number of hydrogen-bond donors (Lipinski definition) is 1. The molecule has 4 nitrogen and oxygen atoms in total. The summed E-state index contributed by atoms with van der Waals surface area (Å²) < 4.78 is 14.7. The smallest absolute Gasteiger partial charge is 0.227 e. The summed E-state index contributed by atoms with van der Waals surface area (Å²) in [7, 11) is 0. The van der Waals surface area contributed by atoms with E-state index in [2.05, 4.69) is 15.2 Å². The Morgan fingerprint density at radius 2 is 2.00 bits per heavy atom. The Labute approximate surface area is 159 Å². The molecule has 0 bridgehead atoms. The summed E-state index contributed by atoms with van der Waals surface area (Å²) in [6, 6.07) is 12.2. The topological polar surface area (TPSA) is 45.2 Å². The number of rotatable bonds is 3. The molecule has 2 aromatic carbocycles. The van der Waals surface area contributed by atoms with E-state index in [9.17, 15) is 9.18 Å². The third kappa shape index (κ3) is 3.52. The third-order valence-electron chi connectivity index (χ3n) is 4.59. The molecule has 26 heavy (non-hydrogen) atoms. The molecule has 0 spiro atoms. The average Bonchev–Trinajstić information content (AvgIpc) is 3.08. The first-order valence-electron chi connectivity index (χ1n) is 8.46. The second kappa shape index (κ2) is 7.21. The lowest BCUT2D eigenvalue weighted by molar-refractivity contribution is -0.120. The number of anilines is 2. The Morgan fingerprint density at radius 3 is 2.73 bits per heavy atom. The van der Waals surface area contributed by atoms with Crippen molar-refractivity contribution in [2.75, 3.05) is 23.3 Å². The fraction of sp³-hybridized carbons (Fsp3) is 0.263. The van der Waals surface area contributed by atoms with Gasteiger partial charge in [0.1, 0.15) is 11.3 Å². The molecule has 2 heterocycles. The standard InChI is InChI=1S/C19H17ClFN3OS/c20-13-3-1-4-14(11-13)22-18(25)12-7-9-24(10-8-12)19-23-17-15(21)5-2-6-16(17)26-19/h1-6,11-12H,7-10H2,(H,22,25). The average molecular weight is 390 g/mol. The van der Waals surface area contributed by atoms with E-state index in [1.54, 1.807) is 18.2 Å². The fourth-order valence-electron chi connectivity index (χ4n) is 3.18. The Bertz CT molecular complexity index is 953. The largest absolute Gasteiger partial charge is 0.348 e. The van der Waals surface area contributed by atoms with E-state index < -0.39 is 0 Å². The van der Waals surface area contributed by atoms with Crippen LogP contribution in [0, 0.1) is 11.7 Å². The van der Waals surface area contributed by atoms with Crippen molar-refractivity contribution >= 4 is 49.9 Å². The Morgan fingerprint density at radius 1 is 1.23 bits per heavy atom. The minimum atomic E-state index is -0.291. The van der Waals surface area contributed by atoms with Gasteiger partial charge in [-0.1, -0.05) is 35.1 Å². The van der Waals surface area contributed by atoms with Crippen LogP contribution < -0.4 is 10.2 Å². The molecule has 0 atom stereocenters. The number of halogens is 2. The molecule has 1 saturated heterocycles. The van der Waals surface area contributed by atoms with Gasteiger partial charge in [-0.3, -0.25) is 4.79 Å². The lowest BCUT2D eigenvalue weighted by Crippen LogP contribution is -2.38. The van der Waals surface area contributed by atoms with Crippen molar-refractivity contribution in [3.63, 3.8) is 0 Å². The lowest BCUT2D eigenvalue weighted by Gasteiger charge is -2.31. The van der Waals surface area contributed by atoms with Crippen molar-refractivity contribution in [2.24, 2.45) is 5.92 Å². The van der Waals surface area contributed by atoms with Gasteiger partial charge in [0.05, 0.1) is 4.70 Å². The highest BCUT2D eigenvalue weighted by atomic mass is 35.5. The van der Waals surface area contributed by atoms with Crippen molar-refractivity contribution in [1.82, 2.24) is 4.98 Å². The van der Waals surface area contributed by atoms with Crippen molar-refractivity contribution in [1.29, 1.82) is 0 Å². The first kappa shape index (κ1) is 17.2. The molecule has 1 fully saturated rings. The van der Waals surface area contributed by atoms with Gasteiger partial charge in [-0.05, 0) is 43.2 Å². The van der Waals surface area contributed by atoms with Crippen molar-refractivity contribution < 1.29 is 9.18 Å². The highest BCUT2D eigenvalue weighted by molar-refractivity contribution is 7.22. The van der Waals surface area contributed by atoms with Crippen LogP contribution in [0.15, 0.2) is 42.5 Å². The number of carbonyl (C=O) groups is 1. The van der Waals surface area contributed by atoms with Gasteiger partial charge in [0.2, 0.25) is 5.91 Å². The van der Waals surface area contributed by atoms with Crippen LogP contribution in [0.3, 0.4) is 0 Å². The maximum absolute atomic E-state index is 13.8. The van der Waals surface area contributed by atoms with Gasteiger partial charge in [-0.15, -0.1) is 0 Å². The number of hydrogen-bond acceptors (Lipinski definition) is 4. The molecule has 0 radical (unpaired) electrons. The number of nitrogens with zero attached hydrogens (tertiary/aromatic N) is 2. The highest BCUT2D eigenvalue weighted by Crippen LogP contribution is 2.32. The summed E-state index contributed by atoms with van der Waals surface area (Å²) in [5.74, 6) is -0.320. The number of nitrogens with one attached hydrogen (secondary N) is 1. The molecule has 1 N–H and O–H groups in total. The SMILES string of the molecule is O=C(Nc1cccc(Cl)c1)C1CCN(c2nc3c(F)cccc3s2)CC1. The van der Waals surface area contributed by atoms with Crippen LogP contribution in [0.25, 0.3) is 10.2 Å². The number of aromatic nitrogens is 1.